The second-order valence-electron chi connectivity index (χ2n) is 12.8. The highest BCUT2D eigenvalue weighted by atomic mass is 16.6. The van der Waals surface area contributed by atoms with Gasteiger partial charge < -0.3 is 28.6 Å². The molecular weight excluding hydrogens is 548 g/mol. The largest absolute Gasteiger partial charge is 0.482 e. The molecule has 1 aromatic rings. The number of nitrogens with zero attached hydrogens (tertiary/aromatic N) is 2. The Labute approximate surface area is 247 Å². The minimum absolute atomic E-state index is 0.210. The smallest absolute Gasteiger partial charge is 0.420 e. The standard InChI is InChI=1S/C30H44N2O10/c1-28(2,3)40-25(35)21(32(26(36)41-29(4,5)6)27(37)42-30(7,8)9)14-15-23(33)31-17-16-19-20(31)12-11-13-22(19)39-18-24(34)38-10/h11-13,21H,14-18H2,1-10H3/t21-/m0/s1. The maximum Gasteiger partial charge on any atom is 0.420 e. The summed E-state index contributed by atoms with van der Waals surface area (Å²) in [4.78, 5) is 67.1. The fraction of sp³-hybridized carbons (Fsp3) is 0.633. The SMILES string of the molecule is COC(=O)COc1cccc2c1CCN2C(=O)CC[C@@H](C(=O)OC(C)(C)C)N(C(=O)OC(C)(C)C)C(=O)OC(C)(C)C. The highest BCUT2D eigenvalue weighted by Crippen LogP contribution is 2.36. The highest BCUT2D eigenvalue weighted by Gasteiger charge is 2.42. The van der Waals surface area contributed by atoms with Crippen LogP contribution in [-0.4, -0.2) is 78.0 Å². The summed E-state index contributed by atoms with van der Waals surface area (Å²) in [5.41, 5.74) is -1.56. The Bertz CT molecular complexity index is 1150. The molecule has 0 aliphatic carbocycles. The lowest BCUT2D eigenvalue weighted by molar-refractivity contribution is -0.161. The summed E-state index contributed by atoms with van der Waals surface area (Å²) in [6.45, 7) is 14.8. The zero-order valence-electron chi connectivity index (χ0n) is 26.3. The van der Waals surface area contributed by atoms with E-state index in [-0.39, 0.29) is 25.4 Å². The summed E-state index contributed by atoms with van der Waals surface area (Å²) >= 11 is 0. The van der Waals surface area contributed by atoms with Gasteiger partial charge >= 0.3 is 24.1 Å². The van der Waals surface area contributed by atoms with Gasteiger partial charge in [0.1, 0.15) is 28.6 Å². The van der Waals surface area contributed by atoms with Crippen LogP contribution in [-0.2, 0) is 39.8 Å². The average molecular weight is 593 g/mol. The third-order valence-corrected chi connectivity index (χ3v) is 5.66. The molecule has 1 atom stereocenters. The van der Waals surface area contributed by atoms with E-state index in [0.29, 0.717) is 29.3 Å². The molecule has 0 saturated carbocycles. The molecule has 42 heavy (non-hydrogen) atoms. The molecule has 0 fully saturated rings. The Morgan fingerprint density at radius 2 is 1.40 bits per heavy atom. The van der Waals surface area contributed by atoms with Crippen LogP contribution in [0.5, 0.6) is 5.75 Å². The van der Waals surface area contributed by atoms with Crippen molar-refractivity contribution in [2.24, 2.45) is 0 Å². The van der Waals surface area contributed by atoms with Gasteiger partial charge in [0.2, 0.25) is 5.91 Å². The van der Waals surface area contributed by atoms with Crippen LogP contribution in [0.4, 0.5) is 15.3 Å². The number of amides is 3. The molecule has 12 heteroatoms. The van der Waals surface area contributed by atoms with Gasteiger partial charge in [0.25, 0.3) is 0 Å². The second-order valence-corrected chi connectivity index (χ2v) is 12.8. The summed E-state index contributed by atoms with van der Waals surface area (Å²) in [6.07, 6.45) is -2.16. The van der Waals surface area contributed by atoms with E-state index in [2.05, 4.69) is 4.74 Å². The molecule has 2 rings (SSSR count). The molecule has 0 unspecified atom stereocenters. The van der Waals surface area contributed by atoms with Crippen molar-refractivity contribution in [3.8, 4) is 5.75 Å². The number of fused-ring (bicyclic) bond motifs is 1. The Morgan fingerprint density at radius 3 is 1.90 bits per heavy atom. The first-order valence-electron chi connectivity index (χ1n) is 13.8. The molecule has 234 valence electrons. The summed E-state index contributed by atoms with van der Waals surface area (Å²) in [5, 5.41) is 0. The lowest BCUT2D eigenvalue weighted by atomic mass is 10.1. The first kappa shape index (κ1) is 34.4. The maximum absolute atomic E-state index is 13.5. The van der Waals surface area contributed by atoms with Crippen molar-refractivity contribution in [2.75, 3.05) is 25.2 Å². The van der Waals surface area contributed by atoms with Gasteiger partial charge in [0.15, 0.2) is 6.61 Å². The van der Waals surface area contributed by atoms with Crippen molar-refractivity contribution in [1.29, 1.82) is 0 Å². The molecule has 0 bridgehead atoms. The molecule has 0 saturated heterocycles. The van der Waals surface area contributed by atoms with Gasteiger partial charge in [-0.2, -0.15) is 4.90 Å². The fourth-order valence-corrected chi connectivity index (χ4v) is 4.06. The Kier molecular flexibility index (Phi) is 11.0. The highest BCUT2D eigenvalue weighted by molar-refractivity contribution is 5.97. The third-order valence-electron chi connectivity index (χ3n) is 5.66. The van der Waals surface area contributed by atoms with Crippen LogP contribution in [0.15, 0.2) is 18.2 Å². The zero-order valence-corrected chi connectivity index (χ0v) is 26.3. The minimum atomic E-state index is -1.50. The number of anilines is 1. The predicted molar refractivity (Wildman–Crippen MR) is 153 cm³/mol. The third kappa shape index (κ3) is 10.2. The maximum atomic E-state index is 13.5. The molecule has 0 spiro atoms. The monoisotopic (exact) mass is 592 g/mol. The number of rotatable bonds is 8. The van der Waals surface area contributed by atoms with Gasteiger partial charge in [-0.05, 0) is 87.3 Å². The Balaban J connectivity index is 2.36. The molecule has 3 amide bonds. The Morgan fingerprint density at radius 1 is 0.857 bits per heavy atom. The zero-order chi connectivity index (χ0) is 32.0. The van der Waals surface area contributed by atoms with Crippen molar-refractivity contribution in [3.63, 3.8) is 0 Å². The number of esters is 2. The first-order valence-corrected chi connectivity index (χ1v) is 13.8. The van der Waals surface area contributed by atoms with E-state index in [1.807, 2.05) is 0 Å². The molecule has 0 aromatic heterocycles. The lowest BCUT2D eigenvalue weighted by Crippen LogP contribution is -2.53. The lowest BCUT2D eigenvalue weighted by Gasteiger charge is -2.33. The normalized spacial score (nSPS) is 13.9. The van der Waals surface area contributed by atoms with Gasteiger partial charge in [-0.3, -0.25) is 4.79 Å². The molecule has 1 aliphatic heterocycles. The number of ether oxygens (including phenoxy) is 5. The van der Waals surface area contributed by atoms with Crippen LogP contribution in [0.1, 0.15) is 80.7 Å². The minimum Gasteiger partial charge on any atom is -0.482 e. The number of hydrogen-bond donors (Lipinski definition) is 0. The van der Waals surface area contributed by atoms with Gasteiger partial charge in [-0.15, -0.1) is 0 Å². The van der Waals surface area contributed by atoms with Crippen LogP contribution in [0.2, 0.25) is 0 Å². The number of carbonyl (C=O) groups excluding carboxylic acids is 5. The van der Waals surface area contributed by atoms with E-state index in [9.17, 15) is 24.0 Å². The van der Waals surface area contributed by atoms with Gasteiger partial charge in [0.05, 0.1) is 12.8 Å². The average Bonchev–Trinajstić information content (AvgIpc) is 3.26. The quantitative estimate of drug-likeness (QED) is 0.306. The predicted octanol–water partition coefficient (Wildman–Crippen LogP) is 4.79. The van der Waals surface area contributed by atoms with E-state index < -0.39 is 47.0 Å². The van der Waals surface area contributed by atoms with Crippen LogP contribution < -0.4 is 9.64 Å². The summed E-state index contributed by atoms with van der Waals surface area (Å²) in [6, 6.07) is 3.65. The molecule has 1 heterocycles. The van der Waals surface area contributed by atoms with E-state index in [1.54, 1.807) is 80.5 Å². The van der Waals surface area contributed by atoms with Crippen LogP contribution >= 0.6 is 0 Å². The number of hydrogen-bond acceptors (Lipinski definition) is 10. The topological polar surface area (TPSA) is 138 Å². The number of methoxy groups -OCH3 is 1. The second kappa shape index (κ2) is 13.4. The number of carbonyl (C=O) groups is 5. The molecular formula is C30H44N2O10. The Hall–Kier alpha value is -3.83. The van der Waals surface area contributed by atoms with Crippen molar-refractivity contribution < 1.29 is 47.7 Å². The van der Waals surface area contributed by atoms with Gasteiger partial charge in [-0.1, -0.05) is 6.07 Å². The van der Waals surface area contributed by atoms with Crippen LogP contribution in [0.25, 0.3) is 0 Å². The van der Waals surface area contributed by atoms with E-state index in [4.69, 9.17) is 18.9 Å². The number of benzene rings is 1. The van der Waals surface area contributed by atoms with Crippen LogP contribution in [0, 0.1) is 0 Å². The molecule has 1 aliphatic rings. The van der Waals surface area contributed by atoms with Gasteiger partial charge in [0, 0.05) is 18.5 Å². The van der Waals surface area contributed by atoms with Crippen molar-refractivity contribution >= 4 is 35.7 Å². The first-order chi connectivity index (χ1) is 19.2. The van der Waals surface area contributed by atoms with Crippen LogP contribution in [0.3, 0.4) is 0 Å². The van der Waals surface area contributed by atoms with Gasteiger partial charge in [-0.25, -0.2) is 19.2 Å². The molecule has 12 nitrogen and oxygen atoms in total. The fourth-order valence-electron chi connectivity index (χ4n) is 4.06. The van der Waals surface area contributed by atoms with Crippen molar-refractivity contribution in [3.05, 3.63) is 23.8 Å². The summed E-state index contributed by atoms with van der Waals surface area (Å²) in [7, 11) is 1.26. The van der Waals surface area contributed by atoms with Crippen molar-refractivity contribution in [1.82, 2.24) is 4.90 Å². The molecule has 0 radical (unpaired) electrons. The van der Waals surface area contributed by atoms with Crippen molar-refractivity contribution in [2.45, 2.75) is 104 Å². The van der Waals surface area contributed by atoms with E-state index in [1.165, 1.54) is 12.0 Å². The van der Waals surface area contributed by atoms with E-state index >= 15 is 0 Å². The summed E-state index contributed by atoms with van der Waals surface area (Å²) < 4.78 is 26.7. The van der Waals surface area contributed by atoms with E-state index in [0.717, 1.165) is 5.56 Å². The number of imide groups is 1. The summed E-state index contributed by atoms with van der Waals surface area (Å²) in [5.74, 6) is -1.31. The molecule has 1 aromatic carbocycles. The molecule has 0 N–H and O–H groups in total.